The van der Waals surface area contributed by atoms with Gasteiger partial charge >= 0.3 is 30.0 Å². The number of anilines is 5. The Balaban J connectivity index is 1.24. The predicted octanol–water partition coefficient (Wildman–Crippen LogP) is 4.19. The zero-order valence-corrected chi connectivity index (χ0v) is 28.4. The van der Waals surface area contributed by atoms with Crippen LogP contribution in [0.25, 0.3) is 0 Å². The van der Waals surface area contributed by atoms with Crippen molar-refractivity contribution in [3.63, 3.8) is 0 Å². The number of aromatic nitrogens is 4. The number of aliphatic imine (C=N–C) groups is 1. The highest BCUT2D eigenvalue weighted by Crippen LogP contribution is 2.48. The van der Waals surface area contributed by atoms with Crippen LogP contribution in [-0.2, 0) is 24.7 Å². The van der Waals surface area contributed by atoms with Gasteiger partial charge in [-0.1, -0.05) is 23.7 Å². The van der Waals surface area contributed by atoms with Gasteiger partial charge in [0.05, 0.1) is 24.5 Å². The van der Waals surface area contributed by atoms with E-state index in [0.717, 1.165) is 12.7 Å². The molecule has 1 fully saturated rings. The van der Waals surface area contributed by atoms with Gasteiger partial charge in [0.2, 0.25) is 11.9 Å². The molecule has 20 heteroatoms. The summed E-state index contributed by atoms with van der Waals surface area (Å²) in [4.78, 5) is 69.6. The molecule has 3 amide bonds. The average molecular weight is 755 g/mol. The molecule has 5 rings (SSSR count). The molecule has 0 bridgehead atoms. The number of hydrogen-bond acceptors (Lipinski definition) is 13. The number of halogens is 4. The van der Waals surface area contributed by atoms with Crippen LogP contribution >= 0.6 is 11.6 Å². The fraction of sp³-hybridized carbons (Fsp3) is 0.242. The summed E-state index contributed by atoms with van der Waals surface area (Å²) in [7, 11) is 1.08. The van der Waals surface area contributed by atoms with Gasteiger partial charge in [-0.2, -0.15) is 28.1 Å². The standard InChI is InChI=1S/C33H30ClF3N10O6/c1-52-28(51)23(12-15-39-26(49)27(50)41-22-10-11-24(38)40-16-22)43-25(48)18-2-8-21(9-3-18)42-29-44-30(46-31(45-29)53-17-33(35,36)37)47-32(13-14-32)19-4-6-20(34)7-5-19/h2-11,16H,12-15,17H2,1H3,(H2,38,40)(H,39,49)(H,41,50)(H2,42,44,45,46,47). The van der Waals surface area contributed by atoms with Crippen molar-refractivity contribution in [2.45, 2.75) is 31.0 Å². The molecule has 0 saturated heterocycles. The normalized spacial score (nSPS) is 13.3. The minimum absolute atomic E-state index is 0.0421. The monoisotopic (exact) mass is 754 g/mol. The molecule has 0 atom stereocenters. The van der Waals surface area contributed by atoms with Gasteiger partial charge in [0, 0.05) is 29.2 Å². The van der Waals surface area contributed by atoms with Gasteiger partial charge in [0.1, 0.15) is 11.5 Å². The molecule has 53 heavy (non-hydrogen) atoms. The Hall–Kier alpha value is -6.37. The first-order valence-corrected chi connectivity index (χ1v) is 16.0. The largest absolute Gasteiger partial charge is 0.465 e. The van der Waals surface area contributed by atoms with Crippen LogP contribution in [-0.4, -0.2) is 75.8 Å². The van der Waals surface area contributed by atoms with Crippen molar-refractivity contribution in [3.05, 3.63) is 83.0 Å². The molecule has 16 nitrogen and oxygen atoms in total. The van der Waals surface area contributed by atoms with Gasteiger partial charge in [0.15, 0.2) is 6.61 Å². The molecule has 4 aromatic rings. The number of alkyl halides is 3. The number of esters is 1. The quantitative estimate of drug-likeness (QED) is 0.0735. The first-order chi connectivity index (χ1) is 25.2. The second-order valence-electron chi connectivity index (χ2n) is 11.4. The third-order valence-electron chi connectivity index (χ3n) is 7.42. The van der Waals surface area contributed by atoms with Crippen LogP contribution in [0.15, 0.2) is 71.9 Å². The lowest BCUT2D eigenvalue weighted by Crippen LogP contribution is -2.37. The van der Waals surface area contributed by atoms with Crippen LogP contribution in [0.1, 0.15) is 35.2 Å². The zero-order chi connectivity index (χ0) is 38.2. The third-order valence-corrected chi connectivity index (χ3v) is 7.67. The minimum Gasteiger partial charge on any atom is -0.465 e. The van der Waals surface area contributed by atoms with Crippen molar-refractivity contribution in [3.8, 4) is 6.01 Å². The molecule has 0 spiro atoms. The van der Waals surface area contributed by atoms with Crippen LogP contribution in [0, 0.1) is 0 Å². The number of nitrogens with one attached hydrogen (secondary N) is 4. The summed E-state index contributed by atoms with van der Waals surface area (Å²) in [5, 5.41) is 11.2. The maximum Gasteiger partial charge on any atom is 0.422 e. The van der Waals surface area contributed by atoms with Crippen LogP contribution in [0.5, 0.6) is 6.01 Å². The highest BCUT2D eigenvalue weighted by molar-refractivity contribution is 6.40. The molecule has 1 aliphatic carbocycles. The van der Waals surface area contributed by atoms with E-state index in [9.17, 15) is 32.3 Å². The Morgan fingerprint density at radius 2 is 1.60 bits per heavy atom. The highest BCUT2D eigenvalue weighted by atomic mass is 35.5. The van der Waals surface area contributed by atoms with E-state index in [4.69, 9.17) is 26.8 Å². The van der Waals surface area contributed by atoms with Gasteiger partial charge in [-0.3, -0.25) is 14.4 Å². The lowest BCUT2D eigenvalue weighted by molar-refractivity contribution is -0.154. The summed E-state index contributed by atoms with van der Waals surface area (Å²) in [5.41, 5.74) is 6.09. The molecule has 2 heterocycles. The fourth-order valence-electron chi connectivity index (χ4n) is 4.65. The number of hydrogen-bond donors (Lipinski definition) is 5. The van der Waals surface area contributed by atoms with Crippen LogP contribution in [0.3, 0.4) is 0 Å². The van der Waals surface area contributed by atoms with E-state index < -0.39 is 48.0 Å². The van der Waals surface area contributed by atoms with Crippen LogP contribution in [0.2, 0.25) is 5.02 Å². The van der Waals surface area contributed by atoms with Crippen molar-refractivity contribution >= 4 is 70.1 Å². The van der Waals surface area contributed by atoms with Crippen molar-refractivity contribution < 1.29 is 41.8 Å². The summed E-state index contributed by atoms with van der Waals surface area (Å²) in [6.45, 7) is -1.87. The van der Waals surface area contributed by atoms with E-state index in [1.54, 1.807) is 12.1 Å². The lowest BCUT2D eigenvalue weighted by Gasteiger charge is -2.19. The van der Waals surface area contributed by atoms with Crippen molar-refractivity contribution in [1.29, 1.82) is 0 Å². The van der Waals surface area contributed by atoms with E-state index in [2.05, 4.69) is 46.2 Å². The number of rotatable bonds is 13. The molecule has 1 aliphatic rings. The van der Waals surface area contributed by atoms with Gasteiger partial charge in [-0.15, -0.1) is 0 Å². The van der Waals surface area contributed by atoms with E-state index >= 15 is 0 Å². The molecule has 2 aromatic carbocycles. The first-order valence-electron chi connectivity index (χ1n) is 15.6. The fourth-order valence-corrected chi connectivity index (χ4v) is 4.77. The second kappa shape index (κ2) is 16.3. The third kappa shape index (κ3) is 10.8. The van der Waals surface area contributed by atoms with E-state index in [1.807, 2.05) is 12.1 Å². The summed E-state index contributed by atoms with van der Waals surface area (Å²) >= 11 is 6.02. The molecule has 0 aliphatic heterocycles. The maximum absolute atomic E-state index is 13.0. The van der Waals surface area contributed by atoms with E-state index in [-0.39, 0.29) is 47.6 Å². The number of pyridine rings is 1. The number of carbonyl (C=O) groups is 4. The minimum atomic E-state index is -4.64. The number of nitrogen functional groups attached to an aromatic ring is 1. The topological polar surface area (TPSA) is 225 Å². The number of nitrogens with zero attached hydrogens (tertiary/aromatic N) is 5. The maximum atomic E-state index is 13.0. The number of methoxy groups -OCH3 is 1. The average Bonchev–Trinajstić information content (AvgIpc) is 3.91. The van der Waals surface area contributed by atoms with Crippen LogP contribution < -0.4 is 31.7 Å². The highest BCUT2D eigenvalue weighted by Gasteiger charge is 2.45. The summed E-state index contributed by atoms with van der Waals surface area (Å²) in [5.74, 6) is -3.76. The Morgan fingerprint density at radius 1 is 0.925 bits per heavy atom. The summed E-state index contributed by atoms with van der Waals surface area (Å²) < 4.78 is 48.3. The summed E-state index contributed by atoms with van der Waals surface area (Å²) in [6, 6.07) is 15.0. The Labute approximate surface area is 303 Å². The SMILES string of the molecule is COC(=O)C(CCNC(=O)C(=O)Nc1ccc(N)nc1)=NC(=O)c1ccc(Nc2nc(NC3(c4ccc(Cl)cc4)CC3)nc(OCC(F)(F)F)n2)cc1. The number of ether oxygens (including phenoxy) is 2. The van der Waals surface area contributed by atoms with E-state index in [0.29, 0.717) is 23.6 Å². The Kier molecular flexibility index (Phi) is 11.7. The van der Waals surface area contributed by atoms with Gasteiger partial charge in [-0.25, -0.2) is 14.8 Å². The van der Waals surface area contributed by atoms with Crippen molar-refractivity contribution in [2.24, 2.45) is 4.99 Å². The molecular weight excluding hydrogens is 725 g/mol. The molecule has 0 unspecified atom stereocenters. The lowest BCUT2D eigenvalue weighted by atomic mass is 10.1. The number of amides is 3. The van der Waals surface area contributed by atoms with Gasteiger partial charge in [0.25, 0.3) is 5.91 Å². The smallest absolute Gasteiger partial charge is 0.422 e. The van der Waals surface area contributed by atoms with Crippen molar-refractivity contribution in [2.75, 3.05) is 41.9 Å². The van der Waals surface area contributed by atoms with E-state index in [1.165, 1.54) is 42.6 Å². The molecular formula is C33H30ClF3N10O6. The Bertz CT molecular complexity index is 2010. The Morgan fingerprint density at radius 3 is 2.23 bits per heavy atom. The first kappa shape index (κ1) is 37.9. The molecule has 276 valence electrons. The summed E-state index contributed by atoms with van der Waals surface area (Å²) in [6.07, 6.45) is -2.24. The number of carbonyl (C=O) groups excluding carboxylic acids is 4. The molecule has 6 N–H and O–H groups in total. The van der Waals surface area contributed by atoms with Gasteiger partial charge < -0.3 is 36.5 Å². The molecule has 2 aromatic heterocycles. The van der Waals surface area contributed by atoms with Crippen LogP contribution in [0.4, 0.5) is 42.3 Å². The zero-order valence-electron chi connectivity index (χ0n) is 27.7. The number of nitrogens with two attached hydrogens (primary N) is 1. The van der Waals surface area contributed by atoms with Crippen molar-refractivity contribution in [1.82, 2.24) is 25.3 Å². The molecule has 1 saturated carbocycles. The second-order valence-corrected chi connectivity index (χ2v) is 11.8. The predicted molar refractivity (Wildman–Crippen MR) is 186 cm³/mol. The molecule has 0 radical (unpaired) electrons. The van der Waals surface area contributed by atoms with Gasteiger partial charge in [-0.05, 0) is 66.9 Å². The number of benzene rings is 2.